The van der Waals surface area contributed by atoms with Crippen LogP contribution in [0.3, 0.4) is 0 Å². The largest absolute Gasteiger partial charge is 0.473 e. The number of carbonyl (C=O) groups excluding carboxylic acids is 2. The minimum Gasteiger partial charge on any atom is -0.473 e. The number of hydrogen-bond donors (Lipinski definition) is 1. The van der Waals surface area contributed by atoms with Gasteiger partial charge in [0, 0.05) is 17.4 Å². The lowest BCUT2D eigenvalue weighted by atomic mass is 9.79. The predicted molar refractivity (Wildman–Crippen MR) is 139 cm³/mol. The number of halogens is 2. The van der Waals surface area contributed by atoms with E-state index in [2.05, 4.69) is 10.3 Å². The van der Waals surface area contributed by atoms with Crippen molar-refractivity contribution in [2.75, 3.05) is 0 Å². The number of pyridine rings is 1. The number of ketones is 1. The molecule has 1 aliphatic heterocycles. The molecule has 0 aliphatic carbocycles. The van der Waals surface area contributed by atoms with Crippen molar-refractivity contribution in [3.05, 3.63) is 111 Å². The van der Waals surface area contributed by atoms with Crippen molar-refractivity contribution in [3.8, 4) is 5.88 Å². The van der Waals surface area contributed by atoms with Crippen LogP contribution in [0.4, 0.5) is 4.39 Å². The average Bonchev–Trinajstić information content (AvgIpc) is 3.43. The fourth-order valence-corrected chi connectivity index (χ4v) is 6.03. The van der Waals surface area contributed by atoms with Crippen LogP contribution >= 0.6 is 34.7 Å². The van der Waals surface area contributed by atoms with Crippen LogP contribution in [-0.4, -0.2) is 21.9 Å². The Balaban J connectivity index is 1.43. The van der Waals surface area contributed by atoms with Gasteiger partial charge in [-0.05, 0) is 58.3 Å². The molecule has 1 fully saturated rings. The highest BCUT2D eigenvalue weighted by atomic mass is 35.5. The molecule has 0 saturated carbocycles. The van der Waals surface area contributed by atoms with Crippen molar-refractivity contribution in [2.45, 2.75) is 28.7 Å². The fourth-order valence-electron chi connectivity index (χ4n) is 4.06. The van der Waals surface area contributed by atoms with E-state index in [9.17, 15) is 14.0 Å². The van der Waals surface area contributed by atoms with Crippen LogP contribution in [0.15, 0.2) is 88.5 Å². The summed E-state index contributed by atoms with van der Waals surface area (Å²) in [7, 11) is 0. The van der Waals surface area contributed by atoms with Crippen molar-refractivity contribution in [3.63, 3.8) is 0 Å². The van der Waals surface area contributed by atoms with Crippen molar-refractivity contribution in [2.24, 2.45) is 0 Å². The second kappa shape index (κ2) is 10.4. The van der Waals surface area contributed by atoms with Crippen molar-refractivity contribution >= 4 is 46.4 Å². The summed E-state index contributed by atoms with van der Waals surface area (Å²) in [4.78, 5) is 32.1. The zero-order valence-corrected chi connectivity index (χ0v) is 21.2. The molecule has 36 heavy (non-hydrogen) atoms. The van der Waals surface area contributed by atoms with Crippen LogP contribution in [0.25, 0.3) is 0 Å². The van der Waals surface area contributed by atoms with E-state index in [4.69, 9.17) is 16.3 Å². The molecule has 0 bridgehead atoms. The highest BCUT2D eigenvalue weighted by molar-refractivity contribution is 8.01. The van der Waals surface area contributed by atoms with Crippen molar-refractivity contribution < 1.29 is 18.7 Å². The summed E-state index contributed by atoms with van der Waals surface area (Å²) in [5.74, 6) is -0.600. The molecule has 0 radical (unpaired) electrons. The highest BCUT2D eigenvalue weighted by Gasteiger charge is 2.48. The molecule has 2 aromatic carbocycles. The number of Topliss-reactive ketones (excluding diaryl/α,β-unsaturated/α-hetero) is 1. The van der Waals surface area contributed by atoms with Gasteiger partial charge in [0.2, 0.25) is 11.8 Å². The monoisotopic (exact) mass is 538 g/mol. The molecule has 9 heteroatoms. The van der Waals surface area contributed by atoms with Crippen molar-refractivity contribution in [1.29, 1.82) is 0 Å². The number of benzene rings is 2. The molecule has 2 atom stereocenters. The number of nitrogens with one attached hydrogen (secondary N) is 1. The lowest BCUT2D eigenvalue weighted by Crippen LogP contribution is -2.58. The maximum atomic E-state index is 13.4. The van der Waals surface area contributed by atoms with Gasteiger partial charge in [-0.1, -0.05) is 41.9 Å². The second-order valence-corrected chi connectivity index (χ2v) is 10.6. The molecule has 2 unspecified atom stereocenters. The number of hydrogen-bond acceptors (Lipinski definition) is 6. The van der Waals surface area contributed by atoms with Gasteiger partial charge in [0.1, 0.15) is 23.2 Å². The Morgan fingerprint density at radius 2 is 1.89 bits per heavy atom. The number of thiophene rings is 1. The van der Waals surface area contributed by atoms with Gasteiger partial charge in [0.05, 0.1) is 10.7 Å². The van der Waals surface area contributed by atoms with E-state index >= 15 is 0 Å². The lowest BCUT2D eigenvalue weighted by Gasteiger charge is -2.39. The summed E-state index contributed by atoms with van der Waals surface area (Å²) >= 11 is 8.89. The smallest absolute Gasteiger partial charge is 0.242 e. The summed E-state index contributed by atoms with van der Waals surface area (Å²) in [6, 6.07) is 20.3. The highest BCUT2D eigenvalue weighted by Crippen LogP contribution is 2.41. The fraction of sp³-hybridized carbons (Fsp3) is 0.148. The zero-order valence-electron chi connectivity index (χ0n) is 18.8. The third-order valence-corrected chi connectivity index (χ3v) is 8.31. The molecule has 1 N–H and O–H groups in total. The van der Waals surface area contributed by atoms with Gasteiger partial charge >= 0.3 is 0 Å². The Morgan fingerprint density at radius 1 is 1.08 bits per heavy atom. The number of rotatable bonds is 7. The first kappa shape index (κ1) is 24.5. The minimum atomic E-state index is -1.12. The Morgan fingerprint density at radius 3 is 2.61 bits per heavy atom. The van der Waals surface area contributed by atoms with Crippen LogP contribution in [0, 0.1) is 5.82 Å². The molecule has 182 valence electrons. The number of aromatic nitrogens is 1. The number of thioether (sulfide) groups is 1. The molecule has 4 aromatic rings. The second-order valence-electron chi connectivity index (χ2n) is 8.25. The van der Waals surface area contributed by atoms with Crippen LogP contribution < -0.4 is 10.1 Å². The maximum Gasteiger partial charge on any atom is 0.242 e. The molecule has 3 heterocycles. The van der Waals surface area contributed by atoms with Gasteiger partial charge in [-0.25, -0.2) is 9.37 Å². The third-order valence-electron chi connectivity index (χ3n) is 5.86. The van der Waals surface area contributed by atoms with Gasteiger partial charge in [0.25, 0.3) is 0 Å². The first-order valence-electron chi connectivity index (χ1n) is 11.1. The van der Waals surface area contributed by atoms with E-state index < -0.39 is 16.7 Å². The van der Waals surface area contributed by atoms with Gasteiger partial charge in [-0.2, -0.15) is 11.3 Å². The first-order chi connectivity index (χ1) is 17.4. The lowest BCUT2D eigenvalue weighted by molar-refractivity contribution is -0.133. The van der Waals surface area contributed by atoms with Gasteiger partial charge in [-0.15, -0.1) is 11.8 Å². The number of amides is 1. The summed E-state index contributed by atoms with van der Waals surface area (Å²) in [6.45, 7) is 0.198. The van der Waals surface area contributed by atoms with E-state index in [-0.39, 0.29) is 24.6 Å². The number of piperidine rings is 1. The predicted octanol–water partition coefficient (Wildman–Crippen LogP) is 6.01. The average molecular weight is 539 g/mol. The van der Waals surface area contributed by atoms with Gasteiger partial charge < -0.3 is 10.1 Å². The maximum absolute atomic E-state index is 13.4. The quantitative estimate of drug-likeness (QED) is 0.292. The molecule has 1 saturated heterocycles. The summed E-state index contributed by atoms with van der Waals surface area (Å²) in [6.07, 6.45) is 0.0337. The Bertz CT molecular complexity index is 1380. The topological polar surface area (TPSA) is 68.3 Å². The first-order valence-corrected chi connectivity index (χ1v) is 13.3. The molecule has 5 rings (SSSR count). The molecule has 2 aromatic heterocycles. The van der Waals surface area contributed by atoms with E-state index in [0.29, 0.717) is 21.5 Å². The van der Waals surface area contributed by atoms with E-state index in [1.165, 1.54) is 23.5 Å². The molecule has 5 nitrogen and oxygen atoms in total. The van der Waals surface area contributed by atoms with Crippen molar-refractivity contribution in [1.82, 2.24) is 10.3 Å². The van der Waals surface area contributed by atoms with Crippen LogP contribution in [0.5, 0.6) is 5.88 Å². The number of nitrogens with zero attached hydrogens (tertiary/aromatic N) is 1. The molecule has 1 aliphatic rings. The van der Waals surface area contributed by atoms with Gasteiger partial charge in [-0.3, -0.25) is 9.59 Å². The minimum absolute atomic E-state index is 0.0337. The van der Waals surface area contributed by atoms with Crippen LogP contribution in [0.2, 0.25) is 5.02 Å². The Kier molecular flexibility index (Phi) is 7.09. The molecule has 0 spiro atoms. The SMILES string of the molecule is O=C1CC(c2ccsc2)(c2cccc(OCc3ccc(F)cc3)n2)NC(=O)C1Sc1ccccc1Cl. The standard InChI is InChI=1S/C27H20ClFN2O3S2/c28-20-4-1-2-5-22(20)36-25-21(32)14-27(31-26(25)33,18-12-13-35-16-18)23-6-3-7-24(30-23)34-15-17-8-10-19(29)11-9-17/h1-13,16,25H,14-15H2,(H,31,33). The van der Waals surface area contributed by atoms with Crippen LogP contribution in [-0.2, 0) is 21.7 Å². The molecular formula is C27H20ClFN2O3S2. The summed E-state index contributed by atoms with van der Waals surface area (Å²) in [5.41, 5.74) is 0.941. The molecular weight excluding hydrogens is 519 g/mol. The Hall–Kier alpha value is -3.20. The zero-order chi connectivity index (χ0) is 25.1. The van der Waals surface area contributed by atoms with E-state index in [1.807, 2.05) is 22.9 Å². The number of carbonyl (C=O) groups is 2. The summed E-state index contributed by atoms with van der Waals surface area (Å²) < 4.78 is 19.0. The Labute approximate surface area is 220 Å². The summed E-state index contributed by atoms with van der Waals surface area (Å²) in [5, 5.41) is 6.47. The van der Waals surface area contributed by atoms with Gasteiger partial charge in [0.15, 0.2) is 5.78 Å². The number of ether oxygens (including phenoxy) is 1. The molecule has 1 amide bonds. The van der Waals surface area contributed by atoms with E-state index in [0.717, 1.165) is 22.9 Å². The normalized spacial score (nSPS) is 19.7. The third kappa shape index (κ3) is 5.02. The van der Waals surface area contributed by atoms with E-state index in [1.54, 1.807) is 48.5 Å². The van der Waals surface area contributed by atoms with Crippen LogP contribution in [0.1, 0.15) is 23.2 Å².